The Morgan fingerprint density at radius 3 is 2.88 bits per heavy atom. The van der Waals surface area contributed by atoms with E-state index in [1.165, 1.54) is 17.7 Å². The lowest BCUT2D eigenvalue weighted by molar-refractivity contribution is 0.0948. The summed E-state index contributed by atoms with van der Waals surface area (Å²) in [5.41, 5.74) is 0. The number of hydrogen-bond acceptors (Lipinski definition) is 3. The summed E-state index contributed by atoms with van der Waals surface area (Å²) < 4.78 is 0. The van der Waals surface area contributed by atoms with Crippen LogP contribution in [0.2, 0.25) is 0 Å². The van der Waals surface area contributed by atoms with Gasteiger partial charge in [-0.1, -0.05) is 6.92 Å². The van der Waals surface area contributed by atoms with E-state index in [0.29, 0.717) is 5.92 Å². The fourth-order valence-corrected chi connectivity index (χ4v) is 2.96. The van der Waals surface area contributed by atoms with E-state index in [2.05, 4.69) is 17.6 Å². The van der Waals surface area contributed by atoms with E-state index in [-0.39, 0.29) is 5.91 Å². The number of carbonyl (C=O) groups is 1. The fourth-order valence-electron chi connectivity index (χ4n) is 2.10. The number of aryl methyl sites for hydroxylation is 1. The summed E-state index contributed by atoms with van der Waals surface area (Å²) in [5, 5.41) is 6.38. The van der Waals surface area contributed by atoms with Crippen LogP contribution >= 0.6 is 11.3 Å². The van der Waals surface area contributed by atoms with Crippen LogP contribution in [-0.2, 0) is 6.42 Å². The van der Waals surface area contributed by atoms with Crippen LogP contribution in [0.15, 0.2) is 12.1 Å². The molecule has 1 saturated heterocycles. The van der Waals surface area contributed by atoms with Crippen LogP contribution < -0.4 is 10.6 Å². The normalized spacial score (nSPS) is 17.0. The lowest BCUT2D eigenvalue weighted by Crippen LogP contribution is -2.35. The number of thiophene rings is 1. The third-order valence-corrected chi connectivity index (χ3v) is 4.47. The van der Waals surface area contributed by atoms with Crippen molar-refractivity contribution in [3.63, 3.8) is 0 Å². The van der Waals surface area contributed by atoms with E-state index < -0.39 is 0 Å². The highest BCUT2D eigenvalue weighted by molar-refractivity contribution is 7.14. The van der Waals surface area contributed by atoms with Gasteiger partial charge in [0.05, 0.1) is 4.88 Å². The van der Waals surface area contributed by atoms with Crippen molar-refractivity contribution < 1.29 is 4.79 Å². The average Bonchev–Trinajstić information content (AvgIpc) is 2.86. The predicted octanol–water partition coefficient (Wildman–Crippen LogP) is 2.04. The molecule has 4 heteroatoms. The summed E-state index contributed by atoms with van der Waals surface area (Å²) >= 11 is 1.60. The molecule has 2 rings (SSSR count). The van der Waals surface area contributed by atoms with E-state index in [4.69, 9.17) is 0 Å². The average molecular weight is 252 g/mol. The van der Waals surface area contributed by atoms with Crippen LogP contribution in [0.5, 0.6) is 0 Å². The van der Waals surface area contributed by atoms with Crippen molar-refractivity contribution >= 4 is 17.2 Å². The van der Waals surface area contributed by atoms with Crippen molar-refractivity contribution in [3.8, 4) is 0 Å². The van der Waals surface area contributed by atoms with Gasteiger partial charge in [-0.15, -0.1) is 11.3 Å². The monoisotopic (exact) mass is 252 g/mol. The molecular formula is C13H20N2OS. The van der Waals surface area contributed by atoms with Gasteiger partial charge in [0.2, 0.25) is 0 Å². The standard InChI is InChI=1S/C13H20N2OS/c1-2-11-3-4-12(17-11)13(16)15-9-10-5-7-14-8-6-10/h3-4,10,14H,2,5-9H2,1H3,(H,15,16). The van der Waals surface area contributed by atoms with Gasteiger partial charge in [-0.3, -0.25) is 4.79 Å². The van der Waals surface area contributed by atoms with Gasteiger partial charge in [0.25, 0.3) is 5.91 Å². The number of piperidine rings is 1. The molecular weight excluding hydrogens is 232 g/mol. The van der Waals surface area contributed by atoms with Gasteiger partial charge in [-0.2, -0.15) is 0 Å². The Kier molecular flexibility index (Phi) is 4.57. The van der Waals surface area contributed by atoms with Crippen molar-refractivity contribution in [1.29, 1.82) is 0 Å². The number of amides is 1. The second kappa shape index (κ2) is 6.17. The third kappa shape index (κ3) is 3.54. The first-order valence-electron chi connectivity index (χ1n) is 6.37. The maximum Gasteiger partial charge on any atom is 0.261 e. The molecule has 1 aliphatic rings. The predicted molar refractivity (Wildman–Crippen MR) is 71.6 cm³/mol. The maximum atomic E-state index is 11.9. The molecule has 0 spiro atoms. The molecule has 0 saturated carbocycles. The summed E-state index contributed by atoms with van der Waals surface area (Å²) in [6.07, 6.45) is 3.35. The summed E-state index contributed by atoms with van der Waals surface area (Å²) in [6.45, 7) is 5.10. The summed E-state index contributed by atoms with van der Waals surface area (Å²) in [5.74, 6) is 0.735. The zero-order valence-electron chi connectivity index (χ0n) is 10.3. The molecule has 0 atom stereocenters. The van der Waals surface area contributed by atoms with E-state index in [0.717, 1.165) is 30.9 Å². The topological polar surface area (TPSA) is 41.1 Å². The van der Waals surface area contributed by atoms with Crippen molar-refractivity contribution in [2.45, 2.75) is 26.2 Å². The molecule has 0 aliphatic carbocycles. The first-order chi connectivity index (χ1) is 8.29. The second-order valence-corrected chi connectivity index (χ2v) is 5.69. The molecule has 3 nitrogen and oxygen atoms in total. The molecule has 94 valence electrons. The van der Waals surface area contributed by atoms with Crippen LogP contribution in [0.3, 0.4) is 0 Å². The first kappa shape index (κ1) is 12.6. The van der Waals surface area contributed by atoms with Gasteiger partial charge in [0, 0.05) is 11.4 Å². The van der Waals surface area contributed by atoms with Crippen molar-refractivity contribution in [2.24, 2.45) is 5.92 Å². The molecule has 0 aromatic carbocycles. The highest BCUT2D eigenvalue weighted by atomic mass is 32.1. The zero-order chi connectivity index (χ0) is 12.1. The summed E-state index contributed by atoms with van der Waals surface area (Å²) in [4.78, 5) is 14.0. The van der Waals surface area contributed by atoms with Gasteiger partial charge in [0.15, 0.2) is 0 Å². The molecule has 1 fully saturated rings. The molecule has 17 heavy (non-hydrogen) atoms. The molecule has 0 bridgehead atoms. The maximum absolute atomic E-state index is 11.9. The summed E-state index contributed by atoms with van der Waals surface area (Å²) in [7, 11) is 0. The molecule has 0 unspecified atom stereocenters. The minimum Gasteiger partial charge on any atom is -0.351 e. The Balaban J connectivity index is 1.80. The lowest BCUT2D eigenvalue weighted by atomic mass is 9.98. The highest BCUT2D eigenvalue weighted by Crippen LogP contribution is 2.17. The van der Waals surface area contributed by atoms with Gasteiger partial charge >= 0.3 is 0 Å². The third-order valence-electron chi connectivity index (χ3n) is 3.24. The van der Waals surface area contributed by atoms with Crippen LogP contribution in [0.1, 0.15) is 34.3 Å². The number of hydrogen-bond donors (Lipinski definition) is 2. The Labute approximate surface area is 107 Å². The Morgan fingerprint density at radius 2 is 2.24 bits per heavy atom. The number of nitrogens with one attached hydrogen (secondary N) is 2. The Bertz CT molecular complexity index is 369. The van der Waals surface area contributed by atoms with Gasteiger partial charge in [0.1, 0.15) is 0 Å². The molecule has 1 aromatic heterocycles. The highest BCUT2D eigenvalue weighted by Gasteiger charge is 2.15. The molecule has 1 amide bonds. The molecule has 2 heterocycles. The largest absolute Gasteiger partial charge is 0.351 e. The quantitative estimate of drug-likeness (QED) is 0.861. The number of carbonyl (C=O) groups excluding carboxylic acids is 1. The molecule has 1 aromatic rings. The fraction of sp³-hybridized carbons (Fsp3) is 0.615. The van der Waals surface area contributed by atoms with Crippen molar-refractivity contribution in [1.82, 2.24) is 10.6 Å². The van der Waals surface area contributed by atoms with E-state index in [1.807, 2.05) is 12.1 Å². The minimum absolute atomic E-state index is 0.0910. The van der Waals surface area contributed by atoms with Crippen LogP contribution in [0.25, 0.3) is 0 Å². The molecule has 2 N–H and O–H groups in total. The lowest BCUT2D eigenvalue weighted by Gasteiger charge is -2.22. The van der Waals surface area contributed by atoms with Crippen LogP contribution in [0, 0.1) is 5.92 Å². The SMILES string of the molecule is CCc1ccc(C(=O)NCC2CCNCC2)s1. The van der Waals surface area contributed by atoms with E-state index in [1.54, 1.807) is 11.3 Å². The molecule has 1 aliphatic heterocycles. The van der Waals surface area contributed by atoms with E-state index in [9.17, 15) is 4.79 Å². The molecule has 0 radical (unpaired) electrons. The van der Waals surface area contributed by atoms with Gasteiger partial charge in [-0.25, -0.2) is 0 Å². The smallest absolute Gasteiger partial charge is 0.261 e. The van der Waals surface area contributed by atoms with Gasteiger partial charge < -0.3 is 10.6 Å². The van der Waals surface area contributed by atoms with Crippen LogP contribution in [-0.4, -0.2) is 25.5 Å². The van der Waals surface area contributed by atoms with Crippen LogP contribution in [0.4, 0.5) is 0 Å². The minimum atomic E-state index is 0.0910. The summed E-state index contributed by atoms with van der Waals surface area (Å²) in [6, 6.07) is 3.98. The first-order valence-corrected chi connectivity index (χ1v) is 7.19. The van der Waals surface area contributed by atoms with Crippen molar-refractivity contribution in [3.05, 3.63) is 21.9 Å². The van der Waals surface area contributed by atoms with E-state index >= 15 is 0 Å². The Morgan fingerprint density at radius 1 is 1.47 bits per heavy atom. The number of rotatable bonds is 4. The van der Waals surface area contributed by atoms with Crippen molar-refractivity contribution in [2.75, 3.05) is 19.6 Å². The van der Waals surface area contributed by atoms with Gasteiger partial charge in [-0.05, 0) is 50.4 Å². The zero-order valence-corrected chi connectivity index (χ0v) is 11.1. The Hall–Kier alpha value is -0.870. The second-order valence-electron chi connectivity index (χ2n) is 4.52.